The van der Waals surface area contributed by atoms with E-state index in [9.17, 15) is 10.2 Å². The number of hydrogen-bond acceptors (Lipinski definition) is 7. The van der Waals surface area contributed by atoms with Gasteiger partial charge < -0.3 is 29.8 Å². The molecule has 0 unspecified atom stereocenters. The van der Waals surface area contributed by atoms with Crippen LogP contribution in [-0.2, 0) is 4.74 Å². The molecule has 100 valence electrons. The quantitative estimate of drug-likeness (QED) is 0.540. The number of aliphatic hydroxyl groups is 3. The van der Waals surface area contributed by atoms with Gasteiger partial charge in [-0.2, -0.15) is 0 Å². The maximum atomic E-state index is 9.89. The fourth-order valence-electron chi connectivity index (χ4n) is 1.92. The first kappa shape index (κ1) is 13.4. The highest BCUT2D eigenvalue weighted by molar-refractivity contribution is 7.71. The highest BCUT2D eigenvalue weighted by atomic mass is 32.1. The zero-order valence-electron chi connectivity index (χ0n) is 9.61. The van der Waals surface area contributed by atoms with E-state index in [1.807, 2.05) is 0 Å². The van der Waals surface area contributed by atoms with E-state index in [0.717, 1.165) is 0 Å². The summed E-state index contributed by atoms with van der Waals surface area (Å²) in [6.07, 6.45) is -2.57. The van der Waals surface area contributed by atoms with Gasteiger partial charge in [-0.1, -0.05) is 0 Å². The van der Waals surface area contributed by atoms with Crippen molar-refractivity contribution in [2.45, 2.75) is 24.4 Å². The Morgan fingerprint density at radius 1 is 1.50 bits per heavy atom. The van der Waals surface area contributed by atoms with E-state index in [2.05, 4.69) is 9.97 Å². The van der Waals surface area contributed by atoms with E-state index in [4.69, 9.17) is 26.8 Å². The van der Waals surface area contributed by atoms with Gasteiger partial charge in [0.1, 0.15) is 24.4 Å². The van der Waals surface area contributed by atoms with Crippen LogP contribution in [0.3, 0.4) is 0 Å². The average Bonchev–Trinajstić information content (AvgIpc) is 2.66. The summed E-state index contributed by atoms with van der Waals surface area (Å²) in [4.78, 5) is 6.60. The molecule has 0 radical (unpaired) electrons. The van der Waals surface area contributed by atoms with Gasteiger partial charge >= 0.3 is 0 Å². The Kier molecular flexibility index (Phi) is 3.93. The predicted octanol–water partition coefficient (Wildman–Crippen LogP) is -0.698. The summed E-state index contributed by atoms with van der Waals surface area (Å²) in [6.45, 7) is -0.382. The molecule has 2 rings (SSSR count). The van der Waals surface area contributed by atoms with Crippen LogP contribution in [0.25, 0.3) is 0 Å². The van der Waals surface area contributed by atoms with Crippen molar-refractivity contribution in [3.63, 3.8) is 0 Å². The number of aliphatic hydroxyl groups excluding tert-OH is 3. The molecule has 0 saturated carbocycles. The largest absolute Gasteiger partial charge is 0.482 e. The van der Waals surface area contributed by atoms with Crippen LogP contribution >= 0.6 is 12.2 Å². The molecular formula is C10H14N2O5S. The first-order valence-corrected chi connectivity index (χ1v) is 5.75. The molecule has 1 saturated heterocycles. The minimum Gasteiger partial charge on any atom is -0.482 e. The molecule has 1 aromatic heterocycles. The van der Waals surface area contributed by atoms with Gasteiger partial charge in [-0.05, 0) is 12.2 Å². The van der Waals surface area contributed by atoms with Crippen LogP contribution in [-0.4, -0.2) is 57.3 Å². The number of nitrogens with zero attached hydrogens (tertiary/aromatic N) is 1. The van der Waals surface area contributed by atoms with Gasteiger partial charge in [0.15, 0.2) is 10.7 Å². The van der Waals surface area contributed by atoms with Crippen molar-refractivity contribution in [3.05, 3.63) is 16.5 Å². The lowest BCUT2D eigenvalue weighted by atomic mass is 10.0. The van der Waals surface area contributed by atoms with Gasteiger partial charge in [-0.15, -0.1) is 0 Å². The molecule has 1 aromatic rings. The number of methoxy groups -OCH3 is 1. The van der Waals surface area contributed by atoms with Crippen LogP contribution < -0.4 is 4.74 Å². The Morgan fingerprint density at radius 3 is 2.78 bits per heavy atom. The molecule has 1 fully saturated rings. The Morgan fingerprint density at radius 2 is 2.22 bits per heavy atom. The smallest absolute Gasteiger partial charge is 0.200 e. The molecule has 0 amide bonds. The Bertz CT molecular complexity index is 480. The molecule has 1 aliphatic heterocycles. The van der Waals surface area contributed by atoms with Gasteiger partial charge in [0.25, 0.3) is 0 Å². The van der Waals surface area contributed by atoms with Crippen molar-refractivity contribution in [1.82, 2.24) is 9.97 Å². The summed E-state index contributed by atoms with van der Waals surface area (Å²) in [5.74, 6) is 0.310. The number of ether oxygens (including phenoxy) is 2. The Balaban J connectivity index is 2.35. The zero-order chi connectivity index (χ0) is 13.3. The van der Waals surface area contributed by atoms with E-state index in [-0.39, 0.29) is 11.4 Å². The maximum absolute atomic E-state index is 9.89. The standard InChI is InChI=1S/C10H14N2O5S/c1-16-9-4(2-11-10(18)12-9)8-7(15)6(14)5(3-13)17-8/h2,5-8,13-15H,3H2,1H3,(H,11,12,18)/t5-,6-,7-,8+/m1/s1. The molecule has 0 bridgehead atoms. The van der Waals surface area contributed by atoms with Crippen LogP contribution in [0.2, 0.25) is 0 Å². The molecule has 8 heteroatoms. The summed E-state index contributed by atoms with van der Waals surface area (Å²) in [5, 5.41) is 28.6. The minimum absolute atomic E-state index is 0.238. The number of aromatic amines is 1. The molecular weight excluding hydrogens is 260 g/mol. The van der Waals surface area contributed by atoms with E-state index >= 15 is 0 Å². The van der Waals surface area contributed by atoms with Crippen LogP contribution in [0.5, 0.6) is 5.88 Å². The van der Waals surface area contributed by atoms with E-state index in [1.54, 1.807) is 0 Å². The van der Waals surface area contributed by atoms with E-state index in [0.29, 0.717) is 11.4 Å². The monoisotopic (exact) mass is 274 g/mol. The molecule has 2 heterocycles. The topological polar surface area (TPSA) is 108 Å². The maximum Gasteiger partial charge on any atom is 0.200 e. The summed E-state index contributed by atoms with van der Waals surface area (Å²) in [6, 6.07) is 0. The third-order valence-electron chi connectivity index (χ3n) is 2.86. The van der Waals surface area contributed by atoms with Crippen molar-refractivity contribution >= 4 is 12.2 Å². The summed E-state index contributed by atoms with van der Waals surface area (Å²) in [7, 11) is 1.44. The summed E-state index contributed by atoms with van der Waals surface area (Å²) < 4.78 is 10.7. The fourth-order valence-corrected chi connectivity index (χ4v) is 2.06. The Hall–Kier alpha value is -1.06. The summed E-state index contributed by atoms with van der Waals surface area (Å²) >= 11 is 4.86. The molecule has 0 aromatic carbocycles. The molecule has 4 N–H and O–H groups in total. The average molecular weight is 274 g/mol. The van der Waals surface area contributed by atoms with Gasteiger partial charge in [-0.3, -0.25) is 0 Å². The Labute approximate surface area is 108 Å². The molecule has 4 atom stereocenters. The van der Waals surface area contributed by atoms with Crippen molar-refractivity contribution in [2.75, 3.05) is 13.7 Å². The number of nitrogens with one attached hydrogen (secondary N) is 1. The van der Waals surface area contributed by atoms with Crippen LogP contribution in [0.1, 0.15) is 11.7 Å². The van der Waals surface area contributed by atoms with Gasteiger partial charge in [0.2, 0.25) is 0 Å². The SMILES string of the molecule is COc1[nH]c(=S)ncc1[C@@H]1O[C@H](CO)[C@@H](O)[C@H]1O. The molecule has 1 aliphatic rings. The second kappa shape index (κ2) is 5.29. The van der Waals surface area contributed by atoms with Crippen LogP contribution in [0, 0.1) is 4.77 Å². The van der Waals surface area contributed by atoms with Gasteiger partial charge in [0.05, 0.1) is 19.3 Å². The van der Waals surface area contributed by atoms with Gasteiger partial charge in [-0.25, -0.2) is 4.98 Å². The number of H-pyrrole nitrogens is 1. The third kappa shape index (κ3) is 2.25. The summed E-state index contributed by atoms with van der Waals surface area (Å²) in [5.41, 5.74) is 0.439. The lowest BCUT2D eigenvalue weighted by Gasteiger charge is -2.16. The highest BCUT2D eigenvalue weighted by Crippen LogP contribution is 2.36. The molecule has 18 heavy (non-hydrogen) atoms. The predicted molar refractivity (Wildman–Crippen MR) is 62.7 cm³/mol. The second-order valence-electron chi connectivity index (χ2n) is 3.94. The number of rotatable bonds is 3. The van der Waals surface area contributed by atoms with Crippen LogP contribution in [0.4, 0.5) is 0 Å². The van der Waals surface area contributed by atoms with Gasteiger partial charge in [0, 0.05) is 6.20 Å². The lowest BCUT2D eigenvalue weighted by Crippen LogP contribution is -2.32. The normalized spacial score (nSPS) is 31.6. The van der Waals surface area contributed by atoms with Crippen molar-refractivity contribution in [1.29, 1.82) is 0 Å². The molecule has 0 spiro atoms. The first-order valence-electron chi connectivity index (χ1n) is 5.34. The van der Waals surface area contributed by atoms with Crippen molar-refractivity contribution in [3.8, 4) is 5.88 Å². The second-order valence-corrected chi connectivity index (χ2v) is 4.32. The number of hydrogen-bond donors (Lipinski definition) is 4. The minimum atomic E-state index is -1.16. The molecule has 7 nitrogen and oxygen atoms in total. The van der Waals surface area contributed by atoms with Crippen molar-refractivity contribution in [2.24, 2.45) is 0 Å². The third-order valence-corrected chi connectivity index (χ3v) is 3.06. The first-order chi connectivity index (χ1) is 8.58. The fraction of sp³-hybridized carbons (Fsp3) is 0.600. The molecule has 0 aliphatic carbocycles. The van der Waals surface area contributed by atoms with E-state index in [1.165, 1.54) is 13.3 Å². The highest BCUT2D eigenvalue weighted by Gasteiger charge is 2.44. The number of aromatic nitrogens is 2. The van der Waals surface area contributed by atoms with Crippen LogP contribution in [0.15, 0.2) is 6.20 Å². The lowest BCUT2D eigenvalue weighted by molar-refractivity contribution is -0.0235. The zero-order valence-corrected chi connectivity index (χ0v) is 10.4. The van der Waals surface area contributed by atoms with E-state index < -0.39 is 24.4 Å². The van der Waals surface area contributed by atoms with Crippen molar-refractivity contribution < 1.29 is 24.8 Å².